The molecular formula is C16H9N5O3S. The highest BCUT2D eigenvalue weighted by Crippen LogP contribution is 2.26. The molecule has 122 valence electrons. The lowest BCUT2D eigenvalue weighted by molar-refractivity contribution is -0.384. The number of hydrogen-bond acceptors (Lipinski definition) is 7. The van der Waals surface area contributed by atoms with Crippen LogP contribution in [0.3, 0.4) is 0 Å². The number of nitro groups is 1. The Morgan fingerprint density at radius 1 is 0.960 bits per heavy atom. The van der Waals surface area contributed by atoms with Crippen LogP contribution in [0.1, 0.15) is 0 Å². The molecule has 0 N–H and O–H groups in total. The van der Waals surface area contributed by atoms with Crippen LogP contribution in [0.25, 0.3) is 26.8 Å². The van der Waals surface area contributed by atoms with Crippen molar-refractivity contribution in [3.63, 3.8) is 0 Å². The quantitative estimate of drug-likeness (QED) is 0.415. The van der Waals surface area contributed by atoms with Gasteiger partial charge in [-0.2, -0.15) is 9.61 Å². The summed E-state index contributed by atoms with van der Waals surface area (Å²) in [6.45, 7) is 0. The Morgan fingerprint density at radius 2 is 1.68 bits per heavy atom. The van der Waals surface area contributed by atoms with Crippen LogP contribution >= 0.6 is 11.3 Å². The lowest BCUT2D eigenvalue weighted by Gasteiger charge is -1.97. The monoisotopic (exact) mass is 351 g/mol. The Kier molecular flexibility index (Phi) is 3.55. The zero-order valence-corrected chi connectivity index (χ0v) is 13.4. The summed E-state index contributed by atoms with van der Waals surface area (Å²) in [5.74, 6) is 0. The van der Waals surface area contributed by atoms with Gasteiger partial charge in [-0.15, -0.1) is 10.2 Å². The summed E-state index contributed by atoms with van der Waals surface area (Å²) in [5, 5.41) is 23.7. The molecule has 2 aromatic carbocycles. The topological polar surface area (TPSA) is 103 Å². The highest BCUT2D eigenvalue weighted by molar-refractivity contribution is 7.19. The molecule has 4 aromatic rings. The first-order valence-electron chi connectivity index (χ1n) is 7.20. The van der Waals surface area contributed by atoms with E-state index >= 15 is 0 Å². The summed E-state index contributed by atoms with van der Waals surface area (Å²) in [5.41, 5.74) is 1.19. The largest absolute Gasteiger partial charge is 0.302 e. The van der Waals surface area contributed by atoms with Crippen LogP contribution in [0.4, 0.5) is 5.69 Å². The number of nitrogens with zero attached hydrogens (tertiary/aromatic N) is 5. The molecule has 0 unspecified atom stereocenters. The number of hydrogen-bond donors (Lipinski definition) is 0. The van der Waals surface area contributed by atoms with E-state index in [1.165, 1.54) is 28.0 Å². The van der Waals surface area contributed by atoms with Crippen LogP contribution < -0.4 is 5.56 Å². The minimum atomic E-state index is -0.468. The molecule has 9 heteroatoms. The van der Waals surface area contributed by atoms with Gasteiger partial charge < -0.3 is 0 Å². The molecule has 0 bridgehead atoms. The summed E-state index contributed by atoms with van der Waals surface area (Å²) >= 11 is 1.19. The van der Waals surface area contributed by atoms with E-state index in [9.17, 15) is 14.9 Å². The second-order valence-corrected chi connectivity index (χ2v) is 6.08. The van der Waals surface area contributed by atoms with Gasteiger partial charge in [-0.3, -0.25) is 14.9 Å². The molecule has 0 saturated carbocycles. The Labute approximate surface area is 144 Å². The summed E-state index contributed by atoms with van der Waals surface area (Å²) in [7, 11) is 0. The van der Waals surface area contributed by atoms with Gasteiger partial charge in [0.05, 0.1) is 4.92 Å². The molecule has 0 aliphatic rings. The predicted octanol–water partition coefficient (Wildman–Crippen LogP) is 2.79. The van der Waals surface area contributed by atoms with Crippen molar-refractivity contribution in [2.75, 3.05) is 0 Å². The van der Waals surface area contributed by atoms with E-state index in [1.807, 2.05) is 18.2 Å². The second kappa shape index (κ2) is 5.87. The lowest BCUT2D eigenvalue weighted by Crippen LogP contribution is -2.19. The van der Waals surface area contributed by atoms with E-state index in [2.05, 4.69) is 15.3 Å². The Morgan fingerprint density at radius 3 is 2.36 bits per heavy atom. The van der Waals surface area contributed by atoms with Gasteiger partial charge in [0.15, 0.2) is 5.69 Å². The van der Waals surface area contributed by atoms with Gasteiger partial charge in [0.2, 0.25) is 4.96 Å². The zero-order valence-electron chi connectivity index (χ0n) is 12.6. The van der Waals surface area contributed by atoms with Crippen LogP contribution in [0.5, 0.6) is 0 Å². The van der Waals surface area contributed by atoms with Crippen LogP contribution in [-0.4, -0.2) is 24.7 Å². The van der Waals surface area contributed by atoms with Gasteiger partial charge in [-0.25, -0.2) is 0 Å². The molecule has 0 saturated heterocycles. The number of nitro benzene ring substituents is 1. The third-order valence-electron chi connectivity index (χ3n) is 3.56. The van der Waals surface area contributed by atoms with Crippen LogP contribution in [0.15, 0.2) is 59.4 Å². The molecular weight excluding hydrogens is 342 g/mol. The Bertz CT molecular complexity index is 1140. The SMILES string of the molecule is O=c1c(-c2ccccc2)nnc2sc(-c3ccc([N+](=O)[O-])cc3)nn12. The third kappa shape index (κ3) is 2.66. The van der Waals surface area contributed by atoms with Gasteiger partial charge in [0.25, 0.3) is 5.69 Å². The van der Waals surface area contributed by atoms with E-state index in [1.54, 1.807) is 24.3 Å². The molecule has 0 radical (unpaired) electrons. The fraction of sp³-hybridized carbons (Fsp3) is 0. The summed E-state index contributed by atoms with van der Waals surface area (Å²) in [6, 6.07) is 15.0. The normalized spacial score (nSPS) is 10.9. The zero-order chi connectivity index (χ0) is 17.4. The molecule has 0 aliphatic carbocycles. The van der Waals surface area contributed by atoms with Crippen molar-refractivity contribution < 1.29 is 4.92 Å². The smallest absolute Gasteiger partial charge is 0.265 e. The van der Waals surface area contributed by atoms with E-state index < -0.39 is 4.92 Å². The molecule has 0 fully saturated rings. The number of aromatic nitrogens is 4. The number of fused-ring (bicyclic) bond motifs is 1. The average molecular weight is 351 g/mol. The van der Waals surface area contributed by atoms with E-state index in [4.69, 9.17) is 0 Å². The average Bonchev–Trinajstić information content (AvgIpc) is 3.08. The Balaban J connectivity index is 1.82. The number of non-ortho nitro benzene ring substituents is 1. The van der Waals surface area contributed by atoms with E-state index in [0.717, 1.165) is 0 Å². The molecule has 0 atom stereocenters. The number of benzene rings is 2. The molecule has 25 heavy (non-hydrogen) atoms. The third-order valence-corrected chi connectivity index (χ3v) is 4.51. The first kappa shape index (κ1) is 15.1. The maximum Gasteiger partial charge on any atom is 0.302 e. The van der Waals surface area contributed by atoms with Crippen molar-refractivity contribution in [1.82, 2.24) is 19.8 Å². The standard InChI is InChI=1S/C16H9N5O3S/c22-15-13(10-4-2-1-3-5-10)17-18-16-20(15)19-14(25-16)11-6-8-12(9-7-11)21(23)24/h1-9H. The summed E-state index contributed by atoms with van der Waals surface area (Å²) < 4.78 is 1.21. The number of rotatable bonds is 3. The second-order valence-electron chi connectivity index (χ2n) is 5.13. The van der Waals surface area contributed by atoms with Gasteiger partial charge in [-0.05, 0) is 12.1 Å². The maximum atomic E-state index is 12.6. The van der Waals surface area contributed by atoms with Crippen molar-refractivity contribution in [2.24, 2.45) is 0 Å². The lowest BCUT2D eigenvalue weighted by atomic mass is 10.2. The van der Waals surface area contributed by atoms with Crippen LogP contribution in [0.2, 0.25) is 0 Å². The van der Waals surface area contributed by atoms with Crippen molar-refractivity contribution >= 4 is 22.0 Å². The minimum Gasteiger partial charge on any atom is -0.265 e. The fourth-order valence-corrected chi connectivity index (χ4v) is 3.18. The van der Waals surface area contributed by atoms with Crippen molar-refractivity contribution in [3.8, 4) is 21.8 Å². The van der Waals surface area contributed by atoms with Crippen molar-refractivity contribution in [1.29, 1.82) is 0 Å². The first-order valence-corrected chi connectivity index (χ1v) is 8.02. The van der Waals surface area contributed by atoms with Crippen molar-refractivity contribution in [2.45, 2.75) is 0 Å². The molecule has 2 aromatic heterocycles. The first-order chi connectivity index (χ1) is 12.1. The Hall–Kier alpha value is -3.46. The van der Waals surface area contributed by atoms with Gasteiger partial charge in [0, 0.05) is 23.3 Å². The summed E-state index contributed by atoms with van der Waals surface area (Å²) in [4.78, 5) is 23.3. The minimum absolute atomic E-state index is 0.00631. The predicted molar refractivity (Wildman–Crippen MR) is 92.5 cm³/mol. The van der Waals surface area contributed by atoms with Gasteiger partial charge >= 0.3 is 5.56 Å². The molecule has 0 spiro atoms. The fourth-order valence-electron chi connectivity index (χ4n) is 2.33. The summed E-state index contributed by atoms with van der Waals surface area (Å²) in [6.07, 6.45) is 0. The van der Waals surface area contributed by atoms with Crippen molar-refractivity contribution in [3.05, 3.63) is 75.1 Å². The molecule has 2 heterocycles. The maximum absolute atomic E-state index is 12.6. The molecule has 8 nitrogen and oxygen atoms in total. The highest BCUT2D eigenvalue weighted by atomic mass is 32.1. The molecule has 0 amide bonds. The molecule has 4 rings (SSSR count). The van der Waals surface area contributed by atoms with Gasteiger partial charge in [-0.1, -0.05) is 41.7 Å². The van der Waals surface area contributed by atoms with Gasteiger partial charge in [0.1, 0.15) is 5.01 Å². The van der Waals surface area contributed by atoms with E-state index in [-0.39, 0.29) is 16.9 Å². The van der Waals surface area contributed by atoms with E-state index in [0.29, 0.717) is 21.1 Å². The van der Waals surface area contributed by atoms with Crippen LogP contribution in [-0.2, 0) is 0 Å². The molecule has 0 aliphatic heterocycles. The highest BCUT2D eigenvalue weighted by Gasteiger charge is 2.15. The van der Waals surface area contributed by atoms with Crippen LogP contribution in [0, 0.1) is 10.1 Å².